The number of amides is 1. The molecule has 2 N–H and O–H groups in total. The van der Waals surface area contributed by atoms with Gasteiger partial charge in [0.2, 0.25) is 0 Å². The van der Waals surface area contributed by atoms with Crippen LogP contribution in [0.1, 0.15) is 26.4 Å². The monoisotopic (exact) mass is 334 g/mol. The van der Waals surface area contributed by atoms with Crippen LogP contribution in [-0.4, -0.2) is 22.0 Å². The number of nitrogens with one attached hydrogen (secondary N) is 1. The number of nitrogens with zero attached hydrogens (tertiary/aromatic N) is 1. The summed E-state index contributed by atoms with van der Waals surface area (Å²) in [6.45, 7) is 1.68. The van der Waals surface area contributed by atoms with Gasteiger partial charge in [0.05, 0.1) is 11.3 Å². The van der Waals surface area contributed by atoms with Gasteiger partial charge in [0.15, 0.2) is 0 Å². The summed E-state index contributed by atoms with van der Waals surface area (Å²) in [5, 5.41) is 11.8. The molecule has 0 saturated carbocycles. The average molecular weight is 335 g/mol. The van der Waals surface area contributed by atoms with Crippen LogP contribution >= 0.6 is 15.9 Å². The van der Waals surface area contributed by atoms with Crippen LogP contribution in [0, 0.1) is 6.92 Å². The van der Waals surface area contributed by atoms with Crippen molar-refractivity contribution in [3.63, 3.8) is 0 Å². The number of carbonyl (C=O) groups excluding carboxylic acids is 1. The molecule has 20 heavy (non-hydrogen) atoms. The van der Waals surface area contributed by atoms with E-state index >= 15 is 0 Å². The molecular weight excluding hydrogens is 324 g/mol. The summed E-state index contributed by atoms with van der Waals surface area (Å²) in [6.07, 6.45) is 0. The Hall–Kier alpha value is -2.21. The first-order chi connectivity index (χ1) is 9.49. The van der Waals surface area contributed by atoms with Crippen LogP contribution in [0.2, 0.25) is 0 Å². The first-order valence-electron chi connectivity index (χ1n) is 5.76. The molecule has 102 valence electrons. The predicted molar refractivity (Wildman–Crippen MR) is 78.0 cm³/mol. The first kappa shape index (κ1) is 14.2. The fourth-order valence-corrected chi connectivity index (χ4v) is 2.12. The van der Waals surface area contributed by atoms with Gasteiger partial charge in [-0.15, -0.1) is 0 Å². The Balaban J connectivity index is 2.33. The van der Waals surface area contributed by atoms with Gasteiger partial charge in [-0.05, 0) is 46.6 Å². The molecule has 0 fully saturated rings. The van der Waals surface area contributed by atoms with E-state index in [2.05, 4.69) is 26.2 Å². The Morgan fingerprint density at radius 2 is 1.90 bits per heavy atom. The number of carboxylic acid groups (broad SMARTS) is 1. The van der Waals surface area contributed by atoms with Crippen molar-refractivity contribution in [2.75, 3.05) is 5.32 Å². The Morgan fingerprint density at radius 3 is 2.55 bits per heavy atom. The van der Waals surface area contributed by atoms with E-state index in [0.717, 1.165) is 0 Å². The zero-order valence-corrected chi connectivity index (χ0v) is 12.1. The second-order valence-corrected chi connectivity index (χ2v) is 4.91. The average Bonchev–Trinajstić information content (AvgIpc) is 2.38. The maximum Gasteiger partial charge on any atom is 0.338 e. The molecule has 0 saturated heterocycles. The molecule has 0 spiro atoms. The van der Waals surface area contributed by atoms with Crippen LogP contribution in [0.25, 0.3) is 0 Å². The molecule has 0 radical (unpaired) electrons. The number of pyridine rings is 1. The molecular formula is C14H11BrN2O3. The van der Waals surface area contributed by atoms with E-state index in [1.54, 1.807) is 43.3 Å². The molecule has 2 rings (SSSR count). The third-order valence-electron chi connectivity index (χ3n) is 2.68. The minimum atomic E-state index is -1.08. The van der Waals surface area contributed by atoms with Gasteiger partial charge in [0.1, 0.15) is 10.3 Å². The minimum absolute atomic E-state index is 0.0795. The number of carboxylic acids is 1. The van der Waals surface area contributed by atoms with E-state index in [4.69, 9.17) is 0 Å². The normalized spacial score (nSPS) is 10.1. The lowest BCUT2D eigenvalue weighted by Crippen LogP contribution is -2.16. The molecule has 1 amide bonds. The molecule has 0 aliphatic heterocycles. The van der Waals surface area contributed by atoms with Crippen molar-refractivity contribution in [1.82, 2.24) is 4.98 Å². The van der Waals surface area contributed by atoms with Crippen LogP contribution in [-0.2, 0) is 0 Å². The molecule has 5 nitrogen and oxygen atoms in total. The van der Waals surface area contributed by atoms with Crippen molar-refractivity contribution in [2.24, 2.45) is 0 Å². The van der Waals surface area contributed by atoms with Crippen molar-refractivity contribution in [1.29, 1.82) is 0 Å². The van der Waals surface area contributed by atoms with Crippen LogP contribution < -0.4 is 5.32 Å². The van der Waals surface area contributed by atoms with Gasteiger partial charge in [0, 0.05) is 0 Å². The summed E-state index contributed by atoms with van der Waals surface area (Å²) in [5.41, 5.74) is 1.12. The fraction of sp³-hybridized carbons (Fsp3) is 0.0714. The third kappa shape index (κ3) is 3.03. The molecule has 0 atom stereocenters. The van der Waals surface area contributed by atoms with Gasteiger partial charge in [-0.3, -0.25) is 4.79 Å². The van der Waals surface area contributed by atoms with E-state index in [1.165, 1.54) is 0 Å². The number of carbonyl (C=O) groups is 2. The smallest absolute Gasteiger partial charge is 0.338 e. The molecule has 0 bridgehead atoms. The number of aryl methyl sites for hydroxylation is 1. The molecule has 6 heteroatoms. The van der Waals surface area contributed by atoms with E-state index < -0.39 is 11.9 Å². The summed E-state index contributed by atoms with van der Waals surface area (Å²) in [4.78, 5) is 27.3. The van der Waals surface area contributed by atoms with Crippen molar-refractivity contribution < 1.29 is 14.7 Å². The van der Waals surface area contributed by atoms with Crippen LogP contribution in [0.3, 0.4) is 0 Å². The largest absolute Gasteiger partial charge is 0.478 e. The molecule has 0 aliphatic rings. The third-order valence-corrected chi connectivity index (χ3v) is 3.12. The predicted octanol–water partition coefficient (Wildman–Crippen LogP) is 3.10. The lowest BCUT2D eigenvalue weighted by atomic mass is 10.1. The number of hydrogen-bond donors (Lipinski definition) is 2. The maximum atomic E-state index is 12.1. The highest BCUT2D eigenvalue weighted by molar-refractivity contribution is 9.10. The Kier molecular flexibility index (Phi) is 4.14. The van der Waals surface area contributed by atoms with E-state index in [0.29, 0.717) is 10.2 Å². The van der Waals surface area contributed by atoms with E-state index in [-0.39, 0.29) is 16.9 Å². The summed E-state index contributed by atoms with van der Waals surface area (Å²) < 4.78 is 0.535. The van der Waals surface area contributed by atoms with Crippen molar-refractivity contribution >= 4 is 33.5 Å². The van der Waals surface area contributed by atoms with Crippen molar-refractivity contribution in [2.45, 2.75) is 6.92 Å². The second-order valence-electron chi connectivity index (χ2n) is 4.10. The molecule has 2 aromatic rings. The van der Waals surface area contributed by atoms with Crippen LogP contribution in [0.15, 0.2) is 41.0 Å². The SMILES string of the molecule is Cc1cccc(NC(=O)c2cccc(Br)n2)c1C(=O)O. The van der Waals surface area contributed by atoms with E-state index in [1.807, 2.05) is 0 Å². The maximum absolute atomic E-state index is 12.1. The highest BCUT2D eigenvalue weighted by Gasteiger charge is 2.16. The highest BCUT2D eigenvalue weighted by Crippen LogP contribution is 2.20. The second kappa shape index (κ2) is 5.83. The fourth-order valence-electron chi connectivity index (χ4n) is 1.78. The number of aromatic carboxylic acids is 1. The van der Waals surface area contributed by atoms with Gasteiger partial charge < -0.3 is 10.4 Å². The number of hydrogen-bond acceptors (Lipinski definition) is 3. The Morgan fingerprint density at radius 1 is 1.20 bits per heavy atom. The van der Waals surface area contributed by atoms with Crippen LogP contribution in [0.5, 0.6) is 0 Å². The summed E-state index contributed by atoms with van der Waals surface area (Å²) in [6, 6.07) is 9.84. The van der Waals surface area contributed by atoms with Gasteiger partial charge in [-0.1, -0.05) is 18.2 Å². The molecule has 0 unspecified atom stereocenters. The van der Waals surface area contributed by atoms with Crippen molar-refractivity contribution in [3.05, 3.63) is 57.8 Å². The molecule has 1 aromatic carbocycles. The Bertz CT molecular complexity index is 686. The number of benzene rings is 1. The highest BCUT2D eigenvalue weighted by atomic mass is 79.9. The minimum Gasteiger partial charge on any atom is -0.478 e. The topological polar surface area (TPSA) is 79.3 Å². The summed E-state index contributed by atoms with van der Waals surface area (Å²) >= 11 is 3.18. The standard InChI is InChI=1S/C14H11BrN2O3/c1-8-4-2-5-9(12(8)14(19)20)17-13(18)10-6-3-7-11(15)16-10/h2-7H,1H3,(H,17,18)(H,19,20). The number of halogens is 1. The molecule has 0 aliphatic carbocycles. The zero-order chi connectivity index (χ0) is 14.7. The van der Waals surface area contributed by atoms with E-state index in [9.17, 15) is 14.7 Å². The summed E-state index contributed by atoms with van der Waals surface area (Å²) in [7, 11) is 0. The van der Waals surface area contributed by atoms with Crippen molar-refractivity contribution in [3.8, 4) is 0 Å². The van der Waals surface area contributed by atoms with Gasteiger partial charge in [0.25, 0.3) is 5.91 Å². The lowest BCUT2D eigenvalue weighted by Gasteiger charge is -2.10. The zero-order valence-electron chi connectivity index (χ0n) is 10.6. The molecule has 1 heterocycles. The number of aromatic nitrogens is 1. The first-order valence-corrected chi connectivity index (χ1v) is 6.55. The summed E-state index contributed by atoms with van der Waals surface area (Å²) in [5.74, 6) is -1.54. The Labute approximate surface area is 123 Å². The van der Waals surface area contributed by atoms with Gasteiger partial charge >= 0.3 is 5.97 Å². The lowest BCUT2D eigenvalue weighted by molar-refractivity contribution is 0.0697. The quantitative estimate of drug-likeness (QED) is 0.845. The van der Waals surface area contributed by atoms with Gasteiger partial charge in [-0.2, -0.15) is 0 Å². The number of anilines is 1. The number of rotatable bonds is 3. The molecule has 1 aromatic heterocycles. The van der Waals surface area contributed by atoms with Crippen LogP contribution in [0.4, 0.5) is 5.69 Å². The van der Waals surface area contributed by atoms with Gasteiger partial charge in [-0.25, -0.2) is 9.78 Å².